The van der Waals surface area contributed by atoms with Crippen LogP contribution in [0.4, 0.5) is 0 Å². The molecular weight excluding hydrogens is 260 g/mol. The molecule has 0 bridgehead atoms. The van der Waals surface area contributed by atoms with Crippen molar-refractivity contribution < 1.29 is 0 Å². The smallest absolute Gasteiger partial charge is 0.178 e. The van der Waals surface area contributed by atoms with E-state index in [0.29, 0.717) is 6.04 Å². The Kier molecular flexibility index (Phi) is 3.06. The first-order valence-corrected chi connectivity index (χ1v) is 7.31. The summed E-state index contributed by atoms with van der Waals surface area (Å²) < 4.78 is 3.02. The Morgan fingerprint density at radius 3 is 2.94 bits per heavy atom. The molecule has 0 fully saturated rings. The summed E-state index contributed by atoms with van der Waals surface area (Å²) in [6, 6.07) is 10.8. The van der Waals surface area contributed by atoms with E-state index in [4.69, 9.17) is 12.2 Å². The fraction of sp³-hybridized carbons (Fsp3) is 0.214. The van der Waals surface area contributed by atoms with Crippen molar-refractivity contribution in [2.45, 2.75) is 19.4 Å². The molecule has 2 nitrogen and oxygen atoms in total. The normalized spacial score (nSPS) is 12.9. The molecule has 1 atom stereocenters. The molecule has 0 amide bonds. The summed E-state index contributed by atoms with van der Waals surface area (Å²) in [7, 11) is 0. The lowest BCUT2D eigenvalue weighted by atomic mass is 10.1. The number of thiophene rings is 1. The van der Waals surface area contributed by atoms with Crippen molar-refractivity contribution >= 4 is 34.6 Å². The van der Waals surface area contributed by atoms with Crippen molar-refractivity contribution in [3.05, 3.63) is 51.4 Å². The van der Waals surface area contributed by atoms with Gasteiger partial charge in [-0.05, 0) is 60.1 Å². The molecule has 0 spiro atoms. The number of rotatable bonds is 3. The third-order valence-electron chi connectivity index (χ3n) is 3.18. The number of aromatic amines is 1. The summed E-state index contributed by atoms with van der Waals surface area (Å²) in [6.45, 7) is 2.22. The van der Waals surface area contributed by atoms with Gasteiger partial charge in [0, 0.05) is 6.04 Å². The van der Waals surface area contributed by atoms with Gasteiger partial charge in [-0.2, -0.15) is 11.3 Å². The summed E-state index contributed by atoms with van der Waals surface area (Å²) in [5.74, 6) is 0. The van der Waals surface area contributed by atoms with Gasteiger partial charge in [-0.1, -0.05) is 12.1 Å². The number of fused-ring (bicyclic) bond motifs is 1. The molecule has 0 aliphatic rings. The molecule has 3 rings (SSSR count). The molecule has 92 valence electrons. The van der Waals surface area contributed by atoms with E-state index in [1.807, 2.05) is 6.07 Å². The maximum absolute atomic E-state index is 5.43. The largest absolute Gasteiger partial charge is 0.331 e. The number of hydrogen-bond donors (Lipinski definition) is 1. The van der Waals surface area contributed by atoms with E-state index in [1.165, 1.54) is 11.1 Å². The second-order valence-electron chi connectivity index (χ2n) is 4.50. The van der Waals surface area contributed by atoms with Gasteiger partial charge in [0.2, 0.25) is 0 Å². The number of hydrogen-bond acceptors (Lipinski definition) is 2. The molecule has 1 aromatic carbocycles. The maximum atomic E-state index is 5.43. The van der Waals surface area contributed by atoms with E-state index in [2.05, 4.69) is 51.5 Å². The quantitative estimate of drug-likeness (QED) is 0.694. The van der Waals surface area contributed by atoms with Crippen LogP contribution in [0.2, 0.25) is 0 Å². The number of aromatic nitrogens is 2. The number of nitrogens with zero attached hydrogens (tertiary/aromatic N) is 1. The lowest BCUT2D eigenvalue weighted by Crippen LogP contribution is -2.07. The minimum atomic E-state index is 0.364. The summed E-state index contributed by atoms with van der Waals surface area (Å²) in [4.78, 5) is 3.27. The minimum absolute atomic E-state index is 0.364. The van der Waals surface area contributed by atoms with Crippen molar-refractivity contribution in [1.82, 2.24) is 9.55 Å². The Hall–Kier alpha value is -1.39. The zero-order valence-corrected chi connectivity index (χ0v) is 11.7. The summed E-state index contributed by atoms with van der Waals surface area (Å²) in [5.41, 5.74) is 3.67. The lowest BCUT2D eigenvalue weighted by molar-refractivity contribution is 0.554. The van der Waals surface area contributed by atoms with Gasteiger partial charge in [-0.25, -0.2) is 0 Å². The van der Waals surface area contributed by atoms with E-state index in [1.54, 1.807) is 11.3 Å². The Morgan fingerprint density at radius 1 is 1.33 bits per heavy atom. The molecule has 0 aliphatic heterocycles. The number of imidazole rings is 1. The van der Waals surface area contributed by atoms with E-state index >= 15 is 0 Å². The minimum Gasteiger partial charge on any atom is -0.331 e. The highest BCUT2D eigenvalue weighted by molar-refractivity contribution is 7.71. The van der Waals surface area contributed by atoms with Gasteiger partial charge in [-0.3, -0.25) is 0 Å². The molecule has 4 heteroatoms. The van der Waals surface area contributed by atoms with E-state index in [0.717, 1.165) is 16.7 Å². The highest BCUT2D eigenvalue weighted by atomic mass is 32.1. The standard InChI is InChI=1S/C14H14N2S2/c1-10(8-11-6-7-18-9-11)16-13-5-3-2-4-12(13)15-14(16)17/h2-7,9-10H,8H2,1H3,(H,15,17). The zero-order chi connectivity index (χ0) is 12.5. The van der Waals surface area contributed by atoms with Crippen molar-refractivity contribution in [2.75, 3.05) is 0 Å². The molecular formula is C14H14N2S2. The highest BCUT2D eigenvalue weighted by Crippen LogP contribution is 2.22. The third-order valence-corrected chi connectivity index (χ3v) is 4.21. The van der Waals surface area contributed by atoms with E-state index < -0.39 is 0 Å². The molecule has 18 heavy (non-hydrogen) atoms. The summed E-state index contributed by atoms with van der Waals surface area (Å²) >= 11 is 7.18. The highest BCUT2D eigenvalue weighted by Gasteiger charge is 2.11. The van der Waals surface area contributed by atoms with Crippen LogP contribution in [0.3, 0.4) is 0 Å². The van der Waals surface area contributed by atoms with E-state index in [-0.39, 0.29) is 0 Å². The maximum Gasteiger partial charge on any atom is 0.178 e. The second kappa shape index (κ2) is 4.71. The Bertz CT molecular complexity index is 707. The molecule has 1 N–H and O–H groups in total. The van der Waals surface area contributed by atoms with Crippen LogP contribution in [-0.2, 0) is 6.42 Å². The molecule has 0 aliphatic carbocycles. The van der Waals surface area contributed by atoms with Crippen LogP contribution in [0.5, 0.6) is 0 Å². The van der Waals surface area contributed by atoms with Crippen molar-refractivity contribution in [3.8, 4) is 0 Å². The molecule has 2 heterocycles. The predicted octanol–water partition coefficient (Wildman–Crippen LogP) is 4.56. The monoisotopic (exact) mass is 274 g/mol. The average molecular weight is 274 g/mol. The van der Waals surface area contributed by atoms with Gasteiger partial charge < -0.3 is 9.55 Å². The number of H-pyrrole nitrogens is 1. The van der Waals surface area contributed by atoms with Crippen molar-refractivity contribution in [1.29, 1.82) is 0 Å². The molecule has 0 radical (unpaired) electrons. The van der Waals surface area contributed by atoms with Gasteiger partial charge in [-0.15, -0.1) is 0 Å². The summed E-state index contributed by atoms with van der Waals surface area (Å²) in [6.07, 6.45) is 1.01. The molecule has 0 saturated carbocycles. The van der Waals surface area contributed by atoms with Crippen LogP contribution in [0.15, 0.2) is 41.1 Å². The number of nitrogens with one attached hydrogen (secondary N) is 1. The van der Waals surface area contributed by atoms with Gasteiger partial charge in [0.05, 0.1) is 11.0 Å². The Labute approximate surface area is 115 Å². The first kappa shape index (κ1) is 11.7. The first-order chi connectivity index (χ1) is 8.75. The van der Waals surface area contributed by atoms with Gasteiger partial charge in [0.15, 0.2) is 4.77 Å². The van der Waals surface area contributed by atoms with Crippen molar-refractivity contribution in [2.24, 2.45) is 0 Å². The molecule has 3 aromatic rings. The fourth-order valence-electron chi connectivity index (χ4n) is 2.35. The SMILES string of the molecule is CC(Cc1ccsc1)n1c(=S)[nH]c2ccccc21. The zero-order valence-electron chi connectivity index (χ0n) is 10.1. The van der Waals surface area contributed by atoms with Gasteiger partial charge in [0.1, 0.15) is 0 Å². The van der Waals surface area contributed by atoms with Crippen molar-refractivity contribution in [3.63, 3.8) is 0 Å². The lowest BCUT2D eigenvalue weighted by Gasteiger charge is -2.13. The predicted molar refractivity (Wildman–Crippen MR) is 79.9 cm³/mol. The average Bonchev–Trinajstić information content (AvgIpc) is 2.94. The van der Waals surface area contributed by atoms with Crippen LogP contribution in [0.1, 0.15) is 18.5 Å². The Balaban J connectivity index is 2.03. The number of benzene rings is 1. The van der Waals surface area contributed by atoms with Crippen LogP contribution >= 0.6 is 23.6 Å². The summed E-state index contributed by atoms with van der Waals surface area (Å²) in [5, 5.41) is 4.32. The first-order valence-electron chi connectivity index (χ1n) is 5.96. The molecule has 2 aromatic heterocycles. The fourth-order valence-corrected chi connectivity index (χ4v) is 3.42. The second-order valence-corrected chi connectivity index (χ2v) is 5.67. The van der Waals surface area contributed by atoms with Gasteiger partial charge in [0.25, 0.3) is 0 Å². The van der Waals surface area contributed by atoms with Gasteiger partial charge >= 0.3 is 0 Å². The van der Waals surface area contributed by atoms with Crippen LogP contribution in [-0.4, -0.2) is 9.55 Å². The Morgan fingerprint density at radius 2 is 2.17 bits per heavy atom. The third kappa shape index (κ3) is 2.02. The van der Waals surface area contributed by atoms with Crippen LogP contribution in [0, 0.1) is 4.77 Å². The van der Waals surface area contributed by atoms with Crippen LogP contribution < -0.4 is 0 Å². The molecule has 0 saturated heterocycles. The van der Waals surface area contributed by atoms with Crippen LogP contribution in [0.25, 0.3) is 11.0 Å². The molecule has 1 unspecified atom stereocenters. The topological polar surface area (TPSA) is 20.7 Å². The van der Waals surface area contributed by atoms with E-state index in [9.17, 15) is 0 Å². The number of para-hydroxylation sites is 2.